The Bertz CT molecular complexity index is 204. The van der Waals surface area contributed by atoms with Crippen molar-refractivity contribution in [1.82, 2.24) is 4.90 Å². The van der Waals surface area contributed by atoms with Crippen molar-refractivity contribution >= 4 is 18.1 Å². The van der Waals surface area contributed by atoms with Gasteiger partial charge in [0.2, 0.25) is 11.8 Å². The first-order chi connectivity index (χ1) is 7.67. The van der Waals surface area contributed by atoms with Gasteiger partial charge < -0.3 is 4.79 Å². The second-order valence-corrected chi connectivity index (χ2v) is 2.89. The molecule has 0 N–H and O–H groups in total. The Labute approximate surface area is 147 Å². The average Bonchev–Trinajstić information content (AvgIpc) is 2.35. The molecule has 0 unspecified atom stereocenters. The fourth-order valence-electron chi connectivity index (χ4n) is 1.08. The molecule has 0 radical (unpaired) electrons. The maximum absolute atomic E-state index is 11.3. The van der Waals surface area contributed by atoms with E-state index in [1.165, 1.54) is 4.90 Å². The van der Waals surface area contributed by atoms with Gasteiger partial charge in [-0.1, -0.05) is 34.1 Å². The van der Waals surface area contributed by atoms with Gasteiger partial charge in [0.15, 0.2) is 0 Å². The zero-order chi connectivity index (χ0) is 13.0. The molecule has 4 nitrogen and oxygen atoms in total. The molecule has 0 aliphatic carbocycles. The summed E-state index contributed by atoms with van der Waals surface area (Å²) in [7, 11) is 0. The van der Waals surface area contributed by atoms with Crippen molar-refractivity contribution < 1.29 is 65.8 Å². The van der Waals surface area contributed by atoms with E-state index >= 15 is 0 Å². The number of hydrogen-bond acceptors (Lipinski definition) is 3. The Morgan fingerprint density at radius 1 is 1.06 bits per heavy atom. The number of hydrogen-bond donors (Lipinski definition) is 0. The fourth-order valence-corrected chi connectivity index (χ4v) is 1.08. The van der Waals surface area contributed by atoms with Gasteiger partial charge in [-0.15, -0.1) is 0 Å². The molecule has 0 aromatic heterocycles. The van der Waals surface area contributed by atoms with Crippen molar-refractivity contribution in [2.75, 3.05) is 6.54 Å². The van der Waals surface area contributed by atoms with E-state index in [1.54, 1.807) is 20.1 Å². The van der Waals surface area contributed by atoms with Crippen LogP contribution in [0.15, 0.2) is 0 Å². The molecule has 94 valence electrons. The monoisotopic (exact) mass is 267 g/mol. The van der Waals surface area contributed by atoms with Gasteiger partial charge >= 0.3 is 51.4 Å². The summed E-state index contributed by atoms with van der Waals surface area (Å²) in [5.41, 5.74) is 0. The molecule has 0 atom stereocenters. The maximum Gasteiger partial charge on any atom is 1.00 e. The number of unbranched alkanes of at least 4 members (excludes halogenated alkanes) is 1. The van der Waals surface area contributed by atoms with Crippen LogP contribution in [0.25, 0.3) is 0 Å². The standard InChI is InChI=1S/C10H16NO3.C2H6.K/c1-3-9(13)11(10(14)4-2)7-5-6-8-12;1-2;/h3-7H2,1-2H3;1-2H3;/q-1;;+1. The number of nitrogens with zero attached hydrogens (tertiary/aromatic N) is 1. The zero-order valence-electron chi connectivity index (χ0n) is 11.7. The van der Waals surface area contributed by atoms with E-state index in [9.17, 15) is 14.4 Å². The van der Waals surface area contributed by atoms with Crippen molar-refractivity contribution in [2.24, 2.45) is 0 Å². The summed E-state index contributed by atoms with van der Waals surface area (Å²) < 4.78 is 0. The van der Waals surface area contributed by atoms with E-state index in [0.29, 0.717) is 25.8 Å². The molecular weight excluding hydrogens is 245 g/mol. The summed E-state index contributed by atoms with van der Waals surface area (Å²) in [6.45, 7) is 7.75. The van der Waals surface area contributed by atoms with E-state index in [-0.39, 0.29) is 69.6 Å². The van der Waals surface area contributed by atoms with Crippen LogP contribution in [0.3, 0.4) is 0 Å². The van der Waals surface area contributed by atoms with Crippen molar-refractivity contribution in [1.29, 1.82) is 0 Å². The topological polar surface area (TPSA) is 54.5 Å². The third-order valence-corrected chi connectivity index (χ3v) is 1.87. The molecular formula is C12H22KNO3. The molecule has 0 bridgehead atoms. The number of imide groups is 1. The molecule has 0 aliphatic heterocycles. The summed E-state index contributed by atoms with van der Waals surface area (Å²) in [5.74, 6) is -0.356. The van der Waals surface area contributed by atoms with Gasteiger partial charge in [0, 0.05) is 19.4 Å². The third kappa shape index (κ3) is 11.3. The van der Waals surface area contributed by atoms with Gasteiger partial charge in [0.05, 0.1) is 0 Å². The van der Waals surface area contributed by atoms with Crippen LogP contribution >= 0.6 is 0 Å². The molecule has 0 saturated carbocycles. The van der Waals surface area contributed by atoms with Crippen LogP contribution in [-0.4, -0.2) is 29.5 Å². The first-order valence-corrected chi connectivity index (χ1v) is 5.85. The summed E-state index contributed by atoms with van der Waals surface area (Å²) in [4.78, 5) is 33.8. The predicted molar refractivity (Wildman–Crippen MR) is 63.6 cm³/mol. The Morgan fingerprint density at radius 2 is 1.47 bits per heavy atom. The van der Waals surface area contributed by atoms with Crippen LogP contribution in [0.1, 0.15) is 53.4 Å². The Kier molecular flexibility index (Phi) is 21.9. The number of amides is 2. The molecule has 0 aromatic carbocycles. The van der Waals surface area contributed by atoms with Crippen LogP contribution in [-0.2, 0) is 14.4 Å². The van der Waals surface area contributed by atoms with E-state index in [1.807, 2.05) is 13.8 Å². The molecule has 0 rings (SSSR count). The largest absolute Gasteiger partial charge is 1.00 e. The van der Waals surface area contributed by atoms with Gasteiger partial charge in [-0.2, -0.15) is 6.42 Å². The molecule has 2 amide bonds. The molecule has 0 fully saturated rings. The van der Waals surface area contributed by atoms with Gasteiger partial charge in [0.1, 0.15) is 0 Å². The fraction of sp³-hybridized carbons (Fsp3) is 0.750. The van der Waals surface area contributed by atoms with Crippen molar-refractivity contribution in [3.63, 3.8) is 0 Å². The van der Waals surface area contributed by atoms with Gasteiger partial charge in [-0.25, -0.2) is 0 Å². The summed E-state index contributed by atoms with van der Waals surface area (Å²) >= 11 is 0. The first-order valence-electron chi connectivity index (χ1n) is 5.85. The Morgan fingerprint density at radius 3 is 1.76 bits per heavy atom. The minimum absolute atomic E-state index is 0. The minimum atomic E-state index is -0.178. The quantitative estimate of drug-likeness (QED) is 0.355. The minimum Gasteiger partial charge on any atom is -0.542 e. The predicted octanol–water partition coefficient (Wildman–Crippen LogP) is -0.918. The molecule has 0 saturated heterocycles. The van der Waals surface area contributed by atoms with E-state index < -0.39 is 0 Å². The van der Waals surface area contributed by atoms with E-state index in [2.05, 4.69) is 0 Å². The van der Waals surface area contributed by atoms with Crippen molar-refractivity contribution in [3.05, 3.63) is 0 Å². The Balaban J connectivity index is -0.000000616. The van der Waals surface area contributed by atoms with E-state index in [4.69, 9.17) is 0 Å². The summed E-state index contributed by atoms with van der Waals surface area (Å²) in [5, 5.41) is 0. The normalized spacial score (nSPS) is 8.24. The van der Waals surface area contributed by atoms with Gasteiger partial charge in [-0.3, -0.25) is 20.8 Å². The summed E-state index contributed by atoms with van der Waals surface area (Å²) in [6, 6.07) is 0. The molecule has 0 aliphatic rings. The number of carbonyl (C=O) groups is 2. The second kappa shape index (κ2) is 16.4. The average molecular weight is 267 g/mol. The third-order valence-electron chi connectivity index (χ3n) is 1.87. The SMILES string of the molecule is CC.CCC(=O)N(CCC[C-]=O)C(=O)CC.[K+]. The smallest absolute Gasteiger partial charge is 0.542 e. The molecule has 5 heteroatoms. The van der Waals surface area contributed by atoms with E-state index in [0.717, 1.165) is 0 Å². The molecule has 0 aromatic rings. The Hall–Kier alpha value is 0.446. The van der Waals surface area contributed by atoms with Crippen LogP contribution in [0, 0.1) is 0 Å². The number of rotatable bonds is 6. The van der Waals surface area contributed by atoms with Crippen LogP contribution in [0.5, 0.6) is 0 Å². The summed E-state index contributed by atoms with van der Waals surface area (Å²) in [6.07, 6.45) is 3.14. The second-order valence-electron chi connectivity index (χ2n) is 2.89. The maximum atomic E-state index is 11.3. The molecule has 0 heterocycles. The molecule has 0 spiro atoms. The van der Waals surface area contributed by atoms with Crippen LogP contribution in [0.2, 0.25) is 0 Å². The zero-order valence-corrected chi connectivity index (χ0v) is 14.8. The van der Waals surface area contributed by atoms with Gasteiger partial charge in [-0.05, 0) is 0 Å². The number of carbonyl (C=O) groups excluding carboxylic acids is 3. The van der Waals surface area contributed by atoms with Gasteiger partial charge in [0.25, 0.3) is 0 Å². The van der Waals surface area contributed by atoms with Crippen molar-refractivity contribution in [3.8, 4) is 0 Å². The van der Waals surface area contributed by atoms with Crippen LogP contribution in [0.4, 0.5) is 0 Å². The van der Waals surface area contributed by atoms with Crippen LogP contribution < -0.4 is 51.4 Å². The first kappa shape index (κ1) is 22.6. The van der Waals surface area contributed by atoms with Crippen molar-refractivity contribution in [2.45, 2.75) is 53.4 Å². The molecule has 17 heavy (non-hydrogen) atoms.